The van der Waals surface area contributed by atoms with E-state index in [4.69, 9.17) is 15.6 Å². The zero-order chi connectivity index (χ0) is 29.6. The summed E-state index contributed by atoms with van der Waals surface area (Å²) in [4.78, 5) is 4.62. The van der Waals surface area contributed by atoms with Gasteiger partial charge in [-0.25, -0.2) is 17.8 Å². The molecular formula is C31H35FN6O3S. The minimum absolute atomic E-state index is 0.00376. The van der Waals surface area contributed by atoms with Crippen molar-refractivity contribution in [3.63, 3.8) is 0 Å². The van der Waals surface area contributed by atoms with Gasteiger partial charge < -0.3 is 15.8 Å². The molecule has 3 heterocycles. The van der Waals surface area contributed by atoms with Gasteiger partial charge in [0.05, 0.1) is 40.7 Å². The van der Waals surface area contributed by atoms with Crippen LogP contribution in [0.4, 0.5) is 15.9 Å². The van der Waals surface area contributed by atoms with Crippen molar-refractivity contribution in [2.45, 2.75) is 63.1 Å². The van der Waals surface area contributed by atoms with Crippen LogP contribution < -0.4 is 15.8 Å². The Bertz CT molecular complexity index is 1800. The number of ether oxygens (including phenoxy) is 1. The van der Waals surface area contributed by atoms with Crippen LogP contribution in [0.3, 0.4) is 0 Å². The average molecular weight is 591 g/mol. The van der Waals surface area contributed by atoms with Crippen molar-refractivity contribution in [1.29, 1.82) is 0 Å². The molecule has 0 spiro atoms. The molecule has 11 heteroatoms. The van der Waals surface area contributed by atoms with E-state index >= 15 is 4.39 Å². The van der Waals surface area contributed by atoms with Gasteiger partial charge in [-0.2, -0.15) is 5.10 Å². The molecule has 2 aromatic carbocycles. The third kappa shape index (κ3) is 5.28. The number of aromatic nitrogens is 3. The molecule has 1 saturated heterocycles. The number of pyridine rings is 1. The number of hydrogen-bond donors (Lipinski definition) is 3. The van der Waals surface area contributed by atoms with Crippen molar-refractivity contribution in [1.82, 2.24) is 20.1 Å². The Morgan fingerprint density at radius 3 is 2.57 bits per heavy atom. The molecule has 1 unspecified atom stereocenters. The van der Waals surface area contributed by atoms with Crippen molar-refractivity contribution in [2.24, 2.45) is 0 Å². The number of allylic oxidation sites excluding steroid dienone is 1. The summed E-state index contributed by atoms with van der Waals surface area (Å²) in [5, 5.41) is 9.21. The summed E-state index contributed by atoms with van der Waals surface area (Å²) >= 11 is 0. The summed E-state index contributed by atoms with van der Waals surface area (Å²) in [5.41, 5.74) is 10.9. The molecule has 1 atom stereocenters. The highest BCUT2D eigenvalue weighted by Crippen LogP contribution is 2.40. The first kappa shape index (κ1) is 28.3. The maximum atomic E-state index is 15.4. The SMILES string of the molecule is Cc1ccccc1S(=O)(=O)Nc1ccc(-c2nn(C(C)C)c3c(C4=CCC(NC5COC5)CC4)cnc(N)c23)cc1F. The molecule has 0 amide bonds. The zero-order valence-electron chi connectivity index (χ0n) is 23.9. The van der Waals surface area contributed by atoms with Gasteiger partial charge in [0.2, 0.25) is 0 Å². The smallest absolute Gasteiger partial charge is 0.262 e. The molecule has 1 aliphatic carbocycles. The maximum Gasteiger partial charge on any atom is 0.262 e. The van der Waals surface area contributed by atoms with Gasteiger partial charge in [0.25, 0.3) is 10.0 Å². The Morgan fingerprint density at radius 1 is 1.14 bits per heavy atom. The molecule has 1 aliphatic heterocycles. The van der Waals surface area contributed by atoms with Crippen LogP contribution in [0, 0.1) is 12.7 Å². The first-order valence-corrected chi connectivity index (χ1v) is 15.7. The van der Waals surface area contributed by atoms with Crippen LogP contribution in [-0.4, -0.2) is 48.5 Å². The van der Waals surface area contributed by atoms with Crippen LogP contribution in [0.25, 0.3) is 27.7 Å². The van der Waals surface area contributed by atoms with Crippen molar-refractivity contribution < 1.29 is 17.5 Å². The third-order valence-electron chi connectivity index (χ3n) is 7.98. The van der Waals surface area contributed by atoms with Crippen molar-refractivity contribution in [2.75, 3.05) is 23.7 Å². The van der Waals surface area contributed by atoms with Crippen LogP contribution in [0.2, 0.25) is 0 Å². The number of halogens is 1. The number of benzene rings is 2. The highest BCUT2D eigenvalue weighted by molar-refractivity contribution is 7.92. The number of fused-ring (bicyclic) bond motifs is 1. The second-order valence-electron chi connectivity index (χ2n) is 11.3. The molecule has 42 heavy (non-hydrogen) atoms. The van der Waals surface area contributed by atoms with Crippen molar-refractivity contribution in [3.8, 4) is 11.3 Å². The number of nitrogens with one attached hydrogen (secondary N) is 2. The predicted molar refractivity (Wildman–Crippen MR) is 163 cm³/mol. The molecule has 220 valence electrons. The monoisotopic (exact) mass is 590 g/mol. The average Bonchev–Trinajstić information content (AvgIpc) is 3.35. The summed E-state index contributed by atoms with van der Waals surface area (Å²) in [6.07, 6.45) is 6.87. The molecule has 0 saturated carbocycles. The highest BCUT2D eigenvalue weighted by Gasteiger charge is 2.27. The van der Waals surface area contributed by atoms with E-state index in [9.17, 15) is 8.42 Å². The highest BCUT2D eigenvalue weighted by atomic mass is 32.2. The second kappa shape index (κ2) is 11.1. The number of nitrogens with zero attached hydrogens (tertiary/aromatic N) is 3. The first-order chi connectivity index (χ1) is 20.1. The van der Waals surface area contributed by atoms with E-state index in [1.807, 2.05) is 24.7 Å². The van der Waals surface area contributed by atoms with E-state index in [0.29, 0.717) is 40.1 Å². The van der Waals surface area contributed by atoms with E-state index in [1.54, 1.807) is 31.2 Å². The summed E-state index contributed by atoms with van der Waals surface area (Å²) in [5.74, 6) is -0.411. The largest absolute Gasteiger partial charge is 0.383 e. The standard InChI is InChI=1S/C31H35FN6O3S/c1-18(2)38-30-24(20-8-11-22(12-9-20)35-23-16-41-17-23)15-34-31(33)28(30)29(36-38)21-10-13-26(25(32)14-21)37-42(39,40)27-7-5-4-6-19(27)3/h4-8,10,13-15,18,22-23,35,37H,9,11-12,16-17H2,1-3H3,(H2,33,34). The first-order valence-electron chi connectivity index (χ1n) is 14.2. The van der Waals surface area contributed by atoms with E-state index in [2.05, 4.69) is 21.1 Å². The van der Waals surface area contributed by atoms with Gasteiger partial charge in [-0.1, -0.05) is 30.3 Å². The number of hydrogen-bond acceptors (Lipinski definition) is 7. The molecule has 1 fully saturated rings. The number of sulfonamides is 1. The van der Waals surface area contributed by atoms with Crippen molar-refractivity contribution >= 4 is 38.0 Å². The molecule has 0 bridgehead atoms. The quantitative estimate of drug-likeness (QED) is 0.250. The fraction of sp³-hybridized carbons (Fsp3) is 0.355. The van der Waals surface area contributed by atoms with Crippen LogP contribution in [0.5, 0.6) is 0 Å². The minimum atomic E-state index is -3.98. The lowest BCUT2D eigenvalue weighted by Gasteiger charge is -2.33. The second-order valence-corrected chi connectivity index (χ2v) is 13.0. The van der Waals surface area contributed by atoms with Gasteiger partial charge in [-0.3, -0.25) is 9.40 Å². The fourth-order valence-electron chi connectivity index (χ4n) is 5.70. The molecule has 6 rings (SSSR count). The topological polar surface area (TPSA) is 124 Å². The fourth-order valence-corrected chi connectivity index (χ4v) is 7.02. The number of anilines is 2. The summed E-state index contributed by atoms with van der Waals surface area (Å²) in [7, 11) is -3.98. The molecular weight excluding hydrogens is 555 g/mol. The number of nitrogens with two attached hydrogens (primary N) is 1. The van der Waals surface area contributed by atoms with Gasteiger partial charge in [-0.05, 0) is 69.4 Å². The Balaban J connectivity index is 1.36. The molecule has 9 nitrogen and oxygen atoms in total. The molecule has 0 radical (unpaired) electrons. The lowest BCUT2D eigenvalue weighted by atomic mass is 9.89. The molecule has 4 N–H and O–H groups in total. The minimum Gasteiger partial charge on any atom is -0.383 e. The third-order valence-corrected chi connectivity index (χ3v) is 9.51. The van der Waals surface area contributed by atoms with Crippen LogP contribution in [0.1, 0.15) is 50.3 Å². The molecule has 2 aliphatic rings. The van der Waals surface area contributed by atoms with E-state index in [-0.39, 0.29) is 16.6 Å². The number of aryl methyl sites for hydroxylation is 1. The molecule has 4 aromatic rings. The Labute approximate surface area is 245 Å². The predicted octanol–water partition coefficient (Wildman–Crippen LogP) is 5.43. The Hall–Kier alpha value is -3.80. The number of nitrogen functional groups attached to an aromatic ring is 1. The summed E-state index contributed by atoms with van der Waals surface area (Å²) in [6, 6.07) is 11.8. The van der Waals surface area contributed by atoms with E-state index in [0.717, 1.165) is 43.6 Å². The van der Waals surface area contributed by atoms with Gasteiger partial charge in [-0.15, -0.1) is 0 Å². The van der Waals surface area contributed by atoms with Gasteiger partial charge >= 0.3 is 0 Å². The van der Waals surface area contributed by atoms with Crippen LogP contribution in [-0.2, 0) is 14.8 Å². The maximum absolute atomic E-state index is 15.4. The normalized spacial score (nSPS) is 17.8. The lowest BCUT2D eigenvalue weighted by molar-refractivity contribution is -0.0103. The van der Waals surface area contributed by atoms with E-state index < -0.39 is 15.8 Å². The van der Waals surface area contributed by atoms with Gasteiger partial charge in [0.1, 0.15) is 17.3 Å². The van der Waals surface area contributed by atoms with E-state index in [1.165, 1.54) is 23.8 Å². The van der Waals surface area contributed by atoms with Crippen LogP contribution in [0.15, 0.2) is 59.6 Å². The summed E-state index contributed by atoms with van der Waals surface area (Å²) < 4.78 is 51.0. The number of rotatable bonds is 8. The van der Waals surface area contributed by atoms with Crippen LogP contribution >= 0.6 is 0 Å². The molecule has 2 aromatic heterocycles. The lowest BCUT2D eigenvalue weighted by Crippen LogP contribution is -2.50. The summed E-state index contributed by atoms with van der Waals surface area (Å²) in [6.45, 7) is 7.31. The zero-order valence-corrected chi connectivity index (χ0v) is 24.7. The Morgan fingerprint density at radius 2 is 1.93 bits per heavy atom. The Kier molecular flexibility index (Phi) is 7.50. The van der Waals surface area contributed by atoms with Crippen molar-refractivity contribution in [3.05, 3.63) is 71.7 Å². The van der Waals surface area contributed by atoms with Gasteiger partial charge in [0.15, 0.2) is 0 Å². The van der Waals surface area contributed by atoms with Gasteiger partial charge in [0, 0.05) is 29.4 Å².